The lowest BCUT2D eigenvalue weighted by molar-refractivity contribution is 0.0651. The molecule has 1 amide bonds. The molecular weight excluding hydrogens is 324 g/mol. The average molecular weight is 331 g/mol. The van der Waals surface area contributed by atoms with Gasteiger partial charge in [0.2, 0.25) is 5.76 Å². The molecule has 18 heavy (non-hydrogen) atoms. The lowest BCUT2D eigenvalue weighted by atomic mass is 10.3. The number of aromatic nitrogens is 1. The number of halogens is 1. The van der Waals surface area contributed by atoms with Crippen LogP contribution in [0.3, 0.4) is 0 Å². The van der Waals surface area contributed by atoms with Gasteiger partial charge in [-0.2, -0.15) is 0 Å². The van der Waals surface area contributed by atoms with E-state index in [1.165, 1.54) is 11.3 Å². The largest absolute Gasteiger partial charge is 0.475 e. The van der Waals surface area contributed by atoms with Crippen molar-refractivity contribution in [1.82, 2.24) is 10.5 Å². The Morgan fingerprint density at radius 1 is 1.50 bits per heavy atom. The summed E-state index contributed by atoms with van der Waals surface area (Å²) >= 11 is 4.82. The smallest absolute Gasteiger partial charge is 0.374 e. The zero-order chi connectivity index (χ0) is 13.1. The highest BCUT2D eigenvalue weighted by molar-refractivity contribution is 9.11. The number of nitrogens with one attached hydrogen (secondary N) is 1. The van der Waals surface area contributed by atoms with Crippen molar-refractivity contribution in [3.8, 4) is 0 Å². The van der Waals surface area contributed by atoms with Gasteiger partial charge in [-0.15, -0.1) is 11.3 Å². The van der Waals surface area contributed by atoms with Gasteiger partial charge in [-0.05, 0) is 28.1 Å². The maximum Gasteiger partial charge on any atom is 0.374 e. The van der Waals surface area contributed by atoms with Crippen molar-refractivity contribution in [2.24, 2.45) is 0 Å². The summed E-state index contributed by atoms with van der Waals surface area (Å²) < 4.78 is 5.46. The third kappa shape index (κ3) is 2.96. The van der Waals surface area contributed by atoms with E-state index >= 15 is 0 Å². The van der Waals surface area contributed by atoms with Gasteiger partial charge in [0.25, 0.3) is 5.91 Å². The van der Waals surface area contributed by atoms with Crippen molar-refractivity contribution in [3.63, 3.8) is 0 Å². The molecule has 94 valence electrons. The molecule has 0 bridgehead atoms. The molecule has 2 N–H and O–H groups in total. The minimum absolute atomic E-state index is 0.0528. The van der Waals surface area contributed by atoms with Crippen LogP contribution in [0.25, 0.3) is 0 Å². The van der Waals surface area contributed by atoms with E-state index in [0.717, 1.165) is 14.7 Å². The predicted molar refractivity (Wildman–Crippen MR) is 66.7 cm³/mol. The minimum atomic E-state index is -1.26. The molecule has 0 aliphatic rings. The second-order valence-electron chi connectivity index (χ2n) is 3.27. The summed E-state index contributed by atoms with van der Waals surface area (Å²) in [4.78, 5) is 23.1. The highest BCUT2D eigenvalue weighted by atomic mass is 79.9. The molecule has 0 saturated heterocycles. The molecule has 0 atom stereocenters. The summed E-state index contributed by atoms with van der Waals surface area (Å²) in [5.41, 5.74) is -0.0528. The Kier molecular flexibility index (Phi) is 3.78. The second kappa shape index (κ2) is 5.32. The topological polar surface area (TPSA) is 92.4 Å². The number of hydrogen-bond acceptors (Lipinski definition) is 5. The van der Waals surface area contributed by atoms with Crippen LogP contribution >= 0.6 is 27.3 Å². The SMILES string of the molecule is O=C(NCc1ccc(Br)s1)c1cc(C(=O)O)on1. The molecule has 0 unspecified atom stereocenters. The highest BCUT2D eigenvalue weighted by Crippen LogP contribution is 2.21. The van der Waals surface area contributed by atoms with E-state index in [2.05, 4.69) is 30.9 Å². The van der Waals surface area contributed by atoms with E-state index < -0.39 is 11.9 Å². The van der Waals surface area contributed by atoms with Crippen molar-refractivity contribution in [2.75, 3.05) is 0 Å². The molecule has 8 heteroatoms. The molecule has 0 saturated carbocycles. The molecule has 2 aromatic rings. The fourth-order valence-corrected chi connectivity index (χ4v) is 2.61. The van der Waals surface area contributed by atoms with Crippen molar-refractivity contribution >= 4 is 39.1 Å². The van der Waals surface area contributed by atoms with Crippen molar-refractivity contribution in [2.45, 2.75) is 6.54 Å². The number of amides is 1. The number of nitrogens with zero attached hydrogens (tertiary/aromatic N) is 1. The molecule has 0 fully saturated rings. The monoisotopic (exact) mass is 330 g/mol. The molecule has 2 rings (SSSR count). The second-order valence-corrected chi connectivity index (χ2v) is 5.82. The lowest BCUT2D eigenvalue weighted by Gasteiger charge is -1.99. The van der Waals surface area contributed by atoms with Crippen LogP contribution in [0.4, 0.5) is 0 Å². The molecule has 0 aliphatic heterocycles. The Hall–Kier alpha value is -1.67. The number of carbonyl (C=O) groups excluding carboxylic acids is 1. The van der Waals surface area contributed by atoms with Gasteiger partial charge in [-0.25, -0.2) is 4.79 Å². The molecule has 0 aliphatic carbocycles. The first-order valence-electron chi connectivity index (χ1n) is 4.78. The highest BCUT2D eigenvalue weighted by Gasteiger charge is 2.16. The third-order valence-corrected chi connectivity index (χ3v) is 3.63. The Morgan fingerprint density at radius 3 is 2.83 bits per heavy atom. The number of rotatable bonds is 4. The number of carboxylic acid groups (broad SMARTS) is 1. The van der Waals surface area contributed by atoms with Crippen molar-refractivity contribution < 1.29 is 19.2 Å². The maximum atomic E-state index is 11.6. The van der Waals surface area contributed by atoms with Gasteiger partial charge in [0.1, 0.15) is 0 Å². The van der Waals surface area contributed by atoms with Crippen LogP contribution < -0.4 is 5.32 Å². The quantitative estimate of drug-likeness (QED) is 0.895. The van der Waals surface area contributed by atoms with Crippen LogP contribution in [0.1, 0.15) is 25.9 Å². The van der Waals surface area contributed by atoms with Gasteiger partial charge in [0, 0.05) is 10.9 Å². The van der Waals surface area contributed by atoms with Gasteiger partial charge in [0.05, 0.1) is 10.3 Å². The normalized spacial score (nSPS) is 10.3. The van der Waals surface area contributed by atoms with Crippen LogP contribution in [0.2, 0.25) is 0 Å². The minimum Gasteiger partial charge on any atom is -0.475 e. The summed E-state index contributed by atoms with van der Waals surface area (Å²) in [6.07, 6.45) is 0. The van der Waals surface area contributed by atoms with Gasteiger partial charge < -0.3 is 14.9 Å². The van der Waals surface area contributed by atoms with Gasteiger partial charge >= 0.3 is 5.97 Å². The molecule has 0 radical (unpaired) electrons. The zero-order valence-electron chi connectivity index (χ0n) is 8.84. The molecule has 6 nitrogen and oxygen atoms in total. The first kappa shape index (κ1) is 12.8. The maximum absolute atomic E-state index is 11.6. The van der Waals surface area contributed by atoms with E-state index in [1.807, 2.05) is 12.1 Å². The van der Waals surface area contributed by atoms with Gasteiger partial charge in [-0.3, -0.25) is 4.79 Å². The van der Waals surface area contributed by atoms with Crippen LogP contribution in [0.15, 0.2) is 26.5 Å². The zero-order valence-corrected chi connectivity index (χ0v) is 11.2. The first-order valence-corrected chi connectivity index (χ1v) is 6.39. The summed E-state index contributed by atoms with van der Waals surface area (Å²) in [7, 11) is 0. The Balaban J connectivity index is 1.97. The predicted octanol–water partition coefficient (Wildman–Crippen LogP) is 2.13. The van der Waals surface area contributed by atoms with Crippen molar-refractivity contribution in [3.05, 3.63) is 38.3 Å². The van der Waals surface area contributed by atoms with Gasteiger partial charge in [-0.1, -0.05) is 5.16 Å². The number of hydrogen-bond donors (Lipinski definition) is 2. The van der Waals surface area contributed by atoms with Gasteiger partial charge in [0.15, 0.2) is 5.69 Å². The number of aromatic carboxylic acids is 1. The third-order valence-electron chi connectivity index (χ3n) is 2.01. The van der Waals surface area contributed by atoms with Crippen LogP contribution in [0, 0.1) is 0 Å². The summed E-state index contributed by atoms with van der Waals surface area (Å²) in [5, 5.41) is 14.6. The fourth-order valence-electron chi connectivity index (χ4n) is 1.19. The number of thiophene rings is 1. The molecule has 2 heterocycles. The van der Waals surface area contributed by atoms with Crippen molar-refractivity contribution in [1.29, 1.82) is 0 Å². The average Bonchev–Trinajstić information content (AvgIpc) is 2.94. The van der Waals surface area contributed by atoms with E-state index in [-0.39, 0.29) is 11.5 Å². The molecule has 0 spiro atoms. The Morgan fingerprint density at radius 2 is 2.28 bits per heavy atom. The van der Waals surface area contributed by atoms with Crippen LogP contribution in [-0.4, -0.2) is 22.1 Å². The van der Waals surface area contributed by atoms with Crippen LogP contribution in [-0.2, 0) is 6.54 Å². The fraction of sp³-hybridized carbons (Fsp3) is 0.100. The van der Waals surface area contributed by atoms with E-state index in [0.29, 0.717) is 6.54 Å². The number of carboxylic acids is 1. The Labute approximate surface area is 114 Å². The lowest BCUT2D eigenvalue weighted by Crippen LogP contribution is -2.22. The molecule has 0 aromatic carbocycles. The van der Waals surface area contributed by atoms with E-state index in [9.17, 15) is 9.59 Å². The summed E-state index contributed by atoms with van der Waals surface area (Å²) in [6.45, 7) is 0.352. The van der Waals surface area contributed by atoms with Crippen LogP contribution in [0.5, 0.6) is 0 Å². The van der Waals surface area contributed by atoms with E-state index in [1.54, 1.807) is 0 Å². The van der Waals surface area contributed by atoms with E-state index in [4.69, 9.17) is 5.11 Å². The summed E-state index contributed by atoms with van der Waals surface area (Å²) in [6, 6.07) is 4.84. The standard InChI is InChI=1S/C10H7BrN2O4S/c11-8-2-1-5(18-8)4-12-9(14)6-3-7(10(15)16)17-13-6/h1-3H,4H2,(H,12,14)(H,15,16). The molecule has 2 aromatic heterocycles. The summed E-state index contributed by atoms with van der Waals surface area (Å²) in [5.74, 6) is -2.10. The number of carbonyl (C=O) groups is 2. The first-order chi connectivity index (χ1) is 8.56. The molecular formula is C10H7BrN2O4S. The Bertz CT molecular complexity index is 592.